The summed E-state index contributed by atoms with van der Waals surface area (Å²) in [7, 11) is 1.59. The third-order valence-electron chi connectivity index (χ3n) is 4.95. The first-order chi connectivity index (χ1) is 14.9. The molecular weight excluding hydrogens is 392 g/mol. The number of amides is 2. The van der Waals surface area contributed by atoms with Crippen molar-refractivity contribution in [1.82, 2.24) is 15.3 Å². The van der Waals surface area contributed by atoms with Crippen LogP contribution in [0.15, 0.2) is 59.7 Å². The Balaban J connectivity index is 1.58. The monoisotopic (exact) mass is 418 g/mol. The van der Waals surface area contributed by atoms with Gasteiger partial charge in [-0.2, -0.15) is 5.10 Å². The number of aryl methyl sites for hydroxylation is 2. The van der Waals surface area contributed by atoms with Gasteiger partial charge in [-0.05, 0) is 56.7 Å². The van der Waals surface area contributed by atoms with Crippen LogP contribution in [-0.2, 0) is 16.1 Å². The molecule has 0 atom stereocenters. The molecule has 3 aromatic rings. The normalized spacial score (nSPS) is 10.8. The van der Waals surface area contributed by atoms with Crippen LogP contribution in [0.4, 0.5) is 0 Å². The van der Waals surface area contributed by atoms with E-state index in [-0.39, 0.29) is 6.54 Å². The average Bonchev–Trinajstić information content (AvgIpc) is 3.06. The second-order valence-electron chi connectivity index (χ2n) is 7.23. The summed E-state index contributed by atoms with van der Waals surface area (Å²) in [4.78, 5) is 24.0. The zero-order valence-corrected chi connectivity index (χ0v) is 18.1. The molecule has 0 saturated heterocycles. The highest BCUT2D eigenvalue weighted by molar-refractivity contribution is 6.35. The Bertz CT molecular complexity index is 1100. The third kappa shape index (κ3) is 5.39. The molecule has 1 heterocycles. The van der Waals surface area contributed by atoms with Gasteiger partial charge in [0.05, 0.1) is 13.3 Å². The van der Waals surface area contributed by atoms with Crippen molar-refractivity contribution in [3.05, 3.63) is 82.7 Å². The van der Waals surface area contributed by atoms with Crippen molar-refractivity contribution in [2.45, 2.75) is 27.3 Å². The summed E-state index contributed by atoms with van der Waals surface area (Å²) in [5.41, 5.74) is 8.28. The molecule has 1 aromatic heterocycles. The van der Waals surface area contributed by atoms with Crippen LogP contribution in [-0.4, -0.2) is 29.7 Å². The predicted molar refractivity (Wildman–Crippen MR) is 121 cm³/mol. The van der Waals surface area contributed by atoms with Crippen LogP contribution in [0.3, 0.4) is 0 Å². The smallest absolute Gasteiger partial charge is 0.329 e. The van der Waals surface area contributed by atoms with E-state index >= 15 is 0 Å². The summed E-state index contributed by atoms with van der Waals surface area (Å²) < 4.78 is 7.21. The zero-order valence-electron chi connectivity index (χ0n) is 18.1. The number of carbonyl (C=O) groups excluding carboxylic acids is 2. The van der Waals surface area contributed by atoms with Crippen LogP contribution in [0.2, 0.25) is 0 Å². The van der Waals surface area contributed by atoms with Crippen LogP contribution in [0.5, 0.6) is 5.75 Å². The Morgan fingerprint density at radius 2 is 1.68 bits per heavy atom. The van der Waals surface area contributed by atoms with Gasteiger partial charge in [-0.3, -0.25) is 9.59 Å². The van der Waals surface area contributed by atoms with Crippen molar-refractivity contribution in [3.63, 3.8) is 0 Å². The molecule has 0 spiro atoms. The molecule has 7 heteroatoms. The number of nitrogens with zero attached hydrogens (tertiary/aromatic N) is 2. The van der Waals surface area contributed by atoms with Gasteiger partial charge in [0.25, 0.3) is 0 Å². The number of carbonyl (C=O) groups is 2. The van der Waals surface area contributed by atoms with E-state index < -0.39 is 11.8 Å². The molecule has 2 aromatic carbocycles. The molecule has 3 rings (SSSR count). The summed E-state index contributed by atoms with van der Waals surface area (Å²) in [5.74, 6) is -0.848. The van der Waals surface area contributed by atoms with Gasteiger partial charge in [-0.1, -0.05) is 29.8 Å². The fourth-order valence-corrected chi connectivity index (χ4v) is 3.23. The SMILES string of the molecule is COc1ccc(CNC(=O)C(=O)N/N=C\c2cc(C)n(-c3ccc(C)cc3)c2C)cc1. The van der Waals surface area contributed by atoms with E-state index in [4.69, 9.17) is 4.74 Å². The van der Waals surface area contributed by atoms with E-state index in [1.165, 1.54) is 5.56 Å². The molecule has 0 unspecified atom stereocenters. The molecule has 31 heavy (non-hydrogen) atoms. The van der Waals surface area contributed by atoms with Crippen molar-refractivity contribution in [2.24, 2.45) is 5.10 Å². The fourth-order valence-electron chi connectivity index (χ4n) is 3.23. The lowest BCUT2D eigenvalue weighted by Gasteiger charge is -2.09. The zero-order chi connectivity index (χ0) is 22.4. The average molecular weight is 418 g/mol. The summed E-state index contributed by atoms with van der Waals surface area (Å²) >= 11 is 0. The highest BCUT2D eigenvalue weighted by atomic mass is 16.5. The van der Waals surface area contributed by atoms with Crippen LogP contribution in [0.1, 0.15) is 28.1 Å². The first-order valence-electron chi connectivity index (χ1n) is 9.89. The second kappa shape index (κ2) is 9.75. The lowest BCUT2D eigenvalue weighted by Crippen LogP contribution is -2.37. The molecule has 0 radical (unpaired) electrons. The number of rotatable bonds is 6. The second-order valence-corrected chi connectivity index (χ2v) is 7.23. The number of aromatic nitrogens is 1. The molecule has 0 aliphatic heterocycles. The van der Waals surface area contributed by atoms with Crippen LogP contribution in [0, 0.1) is 20.8 Å². The number of hydrogen-bond acceptors (Lipinski definition) is 4. The van der Waals surface area contributed by atoms with E-state index in [9.17, 15) is 9.59 Å². The van der Waals surface area contributed by atoms with E-state index in [1.807, 2.05) is 39.0 Å². The predicted octanol–water partition coefficient (Wildman–Crippen LogP) is 3.18. The molecule has 0 bridgehead atoms. The third-order valence-corrected chi connectivity index (χ3v) is 4.95. The first-order valence-corrected chi connectivity index (χ1v) is 9.89. The number of hydrazone groups is 1. The van der Waals surface area contributed by atoms with E-state index in [1.54, 1.807) is 25.5 Å². The quantitative estimate of drug-likeness (QED) is 0.366. The Morgan fingerprint density at radius 1 is 1.00 bits per heavy atom. The van der Waals surface area contributed by atoms with Crippen LogP contribution >= 0.6 is 0 Å². The van der Waals surface area contributed by atoms with E-state index in [2.05, 4.69) is 44.7 Å². The van der Waals surface area contributed by atoms with Crippen LogP contribution < -0.4 is 15.5 Å². The minimum atomic E-state index is -0.822. The minimum Gasteiger partial charge on any atom is -0.497 e. The molecule has 0 saturated carbocycles. The summed E-state index contributed by atoms with van der Waals surface area (Å²) in [6, 6.07) is 17.4. The first kappa shape index (κ1) is 21.8. The number of benzene rings is 2. The Hall–Kier alpha value is -3.87. The van der Waals surface area contributed by atoms with Gasteiger partial charge < -0.3 is 14.6 Å². The van der Waals surface area contributed by atoms with Gasteiger partial charge in [-0.15, -0.1) is 0 Å². The molecule has 2 amide bonds. The van der Waals surface area contributed by atoms with E-state index in [0.29, 0.717) is 0 Å². The minimum absolute atomic E-state index is 0.234. The highest BCUT2D eigenvalue weighted by Crippen LogP contribution is 2.20. The van der Waals surface area contributed by atoms with Crippen molar-refractivity contribution in [2.75, 3.05) is 7.11 Å². The van der Waals surface area contributed by atoms with Crippen molar-refractivity contribution < 1.29 is 14.3 Å². The topological polar surface area (TPSA) is 84.7 Å². The Labute approximate surface area is 181 Å². The standard InChI is InChI=1S/C24H26N4O3/c1-16-5-9-21(10-6-16)28-17(2)13-20(18(28)3)15-26-27-24(30)23(29)25-14-19-7-11-22(31-4)12-8-19/h5-13,15H,14H2,1-4H3,(H,25,29)(H,27,30)/b26-15-. The number of hydrogen-bond donors (Lipinski definition) is 2. The molecule has 2 N–H and O–H groups in total. The maximum absolute atomic E-state index is 12.0. The number of nitrogens with one attached hydrogen (secondary N) is 2. The van der Waals surface area contributed by atoms with Crippen molar-refractivity contribution in [3.8, 4) is 11.4 Å². The molecule has 7 nitrogen and oxygen atoms in total. The molecular formula is C24H26N4O3. The van der Waals surface area contributed by atoms with E-state index in [0.717, 1.165) is 34.0 Å². The summed E-state index contributed by atoms with van der Waals surface area (Å²) in [6.07, 6.45) is 1.54. The van der Waals surface area contributed by atoms with Gasteiger partial charge in [0, 0.05) is 29.2 Å². The summed E-state index contributed by atoms with van der Waals surface area (Å²) in [6.45, 7) is 6.28. The summed E-state index contributed by atoms with van der Waals surface area (Å²) in [5, 5.41) is 6.51. The Morgan fingerprint density at radius 3 is 2.32 bits per heavy atom. The van der Waals surface area contributed by atoms with Crippen molar-refractivity contribution >= 4 is 18.0 Å². The number of ether oxygens (including phenoxy) is 1. The van der Waals surface area contributed by atoms with Gasteiger partial charge in [0.1, 0.15) is 5.75 Å². The number of methoxy groups -OCH3 is 1. The van der Waals surface area contributed by atoms with Gasteiger partial charge in [0.2, 0.25) is 0 Å². The fraction of sp³-hybridized carbons (Fsp3) is 0.208. The molecule has 0 fully saturated rings. The molecule has 0 aliphatic rings. The molecule has 0 aliphatic carbocycles. The molecule has 160 valence electrons. The Kier molecular flexibility index (Phi) is 6.87. The van der Waals surface area contributed by atoms with Crippen molar-refractivity contribution in [1.29, 1.82) is 0 Å². The van der Waals surface area contributed by atoms with Gasteiger partial charge >= 0.3 is 11.8 Å². The van der Waals surface area contributed by atoms with Gasteiger partial charge in [-0.25, -0.2) is 5.43 Å². The maximum Gasteiger partial charge on any atom is 0.329 e. The largest absolute Gasteiger partial charge is 0.497 e. The lowest BCUT2D eigenvalue weighted by atomic mass is 10.2. The maximum atomic E-state index is 12.0. The van der Waals surface area contributed by atoms with Crippen LogP contribution in [0.25, 0.3) is 5.69 Å². The lowest BCUT2D eigenvalue weighted by molar-refractivity contribution is -0.139. The van der Waals surface area contributed by atoms with Gasteiger partial charge in [0.15, 0.2) is 0 Å². The highest BCUT2D eigenvalue weighted by Gasteiger charge is 2.13.